The largest absolute Gasteiger partial charge is 0.379 e. The summed E-state index contributed by atoms with van der Waals surface area (Å²) in [6.45, 7) is 4.25. The van der Waals surface area contributed by atoms with Crippen LogP contribution in [0.15, 0.2) is 48.5 Å². The first-order chi connectivity index (χ1) is 8.69. The molecule has 1 unspecified atom stereocenters. The van der Waals surface area contributed by atoms with Gasteiger partial charge in [-0.15, -0.1) is 0 Å². The molecule has 0 aliphatic heterocycles. The molecule has 18 heavy (non-hydrogen) atoms. The van der Waals surface area contributed by atoms with Gasteiger partial charge in [0.05, 0.1) is 0 Å². The second-order valence-electron chi connectivity index (χ2n) is 4.47. The maximum Gasteiger partial charge on any atom is 0.123 e. The summed E-state index contributed by atoms with van der Waals surface area (Å²) >= 11 is 0. The molecule has 0 radical (unpaired) electrons. The molecule has 0 spiro atoms. The monoisotopic (exact) mass is 243 g/mol. The summed E-state index contributed by atoms with van der Waals surface area (Å²) in [5.41, 5.74) is 3.51. The van der Waals surface area contributed by atoms with Crippen molar-refractivity contribution in [2.75, 3.05) is 5.32 Å². The minimum atomic E-state index is -0.208. The maximum absolute atomic E-state index is 12.8. The number of hydrogen-bond acceptors (Lipinski definition) is 1. The highest BCUT2D eigenvalue weighted by atomic mass is 19.1. The fourth-order valence-corrected chi connectivity index (χ4v) is 1.92. The Labute approximate surface area is 108 Å². The topological polar surface area (TPSA) is 12.0 Å². The van der Waals surface area contributed by atoms with Crippen molar-refractivity contribution in [2.45, 2.75) is 26.3 Å². The van der Waals surface area contributed by atoms with Gasteiger partial charge in [0.2, 0.25) is 0 Å². The number of halogens is 1. The van der Waals surface area contributed by atoms with Crippen LogP contribution >= 0.6 is 0 Å². The third-order valence-corrected chi connectivity index (χ3v) is 3.12. The molecular weight excluding hydrogens is 225 g/mol. The van der Waals surface area contributed by atoms with Gasteiger partial charge in [0.1, 0.15) is 5.82 Å². The summed E-state index contributed by atoms with van der Waals surface area (Å²) in [6, 6.07) is 15.2. The Hall–Kier alpha value is -1.83. The fraction of sp³-hybridized carbons (Fsp3) is 0.250. The molecule has 1 nitrogen and oxygen atoms in total. The minimum Gasteiger partial charge on any atom is -0.379 e. The molecular formula is C16H18FN. The highest BCUT2D eigenvalue weighted by Crippen LogP contribution is 2.19. The van der Waals surface area contributed by atoms with Crippen LogP contribution in [0.2, 0.25) is 0 Å². The molecule has 2 aromatic carbocycles. The lowest BCUT2D eigenvalue weighted by Crippen LogP contribution is -2.06. The van der Waals surface area contributed by atoms with Crippen LogP contribution in [0.1, 0.15) is 31.0 Å². The van der Waals surface area contributed by atoms with Gasteiger partial charge in [0.15, 0.2) is 0 Å². The van der Waals surface area contributed by atoms with Crippen LogP contribution in [0.5, 0.6) is 0 Å². The molecule has 1 atom stereocenters. The number of rotatable bonds is 4. The predicted octanol–water partition coefficient (Wildman–Crippen LogP) is 4.56. The number of hydrogen-bond donors (Lipinski definition) is 1. The molecule has 0 heterocycles. The normalized spacial score (nSPS) is 12.2. The molecule has 0 amide bonds. The second-order valence-corrected chi connectivity index (χ2v) is 4.47. The number of benzene rings is 2. The Balaban J connectivity index is 2.06. The van der Waals surface area contributed by atoms with Crippen LogP contribution in [0, 0.1) is 5.82 Å². The van der Waals surface area contributed by atoms with Gasteiger partial charge in [-0.1, -0.05) is 31.2 Å². The summed E-state index contributed by atoms with van der Waals surface area (Å²) in [6.07, 6.45) is 1.06. The lowest BCUT2D eigenvalue weighted by Gasteiger charge is -2.16. The highest BCUT2D eigenvalue weighted by Gasteiger charge is 2.05. The third kappa shape index (κ3) is 3.10. The maximum atomic E-state index is 12.8. The van der Waals surface area contributed by atoms with Crippen molar-refractivity contribution in [1.82, 2.24) is 0 Å². The van der Waals surface area contributed by atoms with E-state index in [1.54, 1.807) is 12.1 Å². The molecule has 1 N–H and O–H groups in total. The molecule has 2 heteroatoms. The van der Waals surface area contributed by atoms with Gasteiger partial charge in [-0.25, -0.2) is 4.39 Å². The summed E-state index contributed by atoms with van der Waals surface area (Å²) in [4.78, 5) is 0. The number of nitrogens with one attached hydrogen (secondary N) is 1. The van der Waals surface area contributed by atoms with Crippen LogP contribution in [-0.2, 0) is 6.42 Å². The Morgan fingerprint density at radius 3 is 2.17 bits per heavy atom. The van der Waals surface area contributed by atoms with Gasteiger partial charge in [-0.05, 0) is 48.7 Å². The number of aryl methyl sites for hydroxylation is 1. The first kappa shape index (κ1) is 12.6. The van der Waals surface area contributed by atoms with Crippen LogP contribution in [0.3, 0.4) is 0 Å². The van der Waals surface area contributed by atoms with E-state index in [1.807, 2.05) is 0 Å². The lowest BCUT2D eigenvalue weighted by molar-refractivity contribution is 0.628. The Kier molecular flexibility index (Phi) is 3.98. The zero-order valence-electron chi connectivity index (χ0n) is 10.8. The molecule has 0 fully saturated rings. The van der Waals surface area contributed by atoms with E-state index in [9.17, 15) is 4.39 Å². The summed E-state index contributed by atoms with van der Waals surface area (Å²) in [7, 11) is 0. The van der Waals surface area contributed by atoms with Crippen molar-refractivity contribution in [1.29, 1.82) is 0 Å². The number of anilines is 1. The lowest BCUT2D eigenvalue weighted by atomic mass is 10.0. The molecule has 94 valence electrons. The summed E-state index contributed by atoms with van der Waals surface area (Å²) in [5.74, 6) is -0.208. The van der Waals surface area contributed by atoms with E-state index >= 15 is 0 Å². The summed E-state index contributed by atoms with van der Waals surface area (Å²) < 4.78 is 12.8. The first-order valence-corrected chi connectivity index (χ1v) is 6.30. The fourth-order valence-electron chi connectivity index (χ4n) is 1.92. The van der Waals surface area contributed by atoms with Gasteiger partial charge in [0.25, 0.3) is 0 Å². The third-order valence-electron chi connectivity index (χ3n) is 3.12. The first-order valence-electron chi connectivity index (χ1n) is 6.30. The Morgan fingerprint density at radius 1 is 1.00 bits per heavy atom. The van der Waals surface area contributed by atoms with Crippen LogP contribution in [0.4, 0.5) is 10.1 Å². The van der Waals surface area contributed by atoms with Gasteiger partial charge in [0, 0.05) is 11.7 Å². The zero-order chi connectivity index (χ0) is 13.0. The van der Waals surface area contributed by atoms with Crippen LogP contribution < -0.4 is 5.32 Å². The minimum absolute atomic E-state index is 0.208. The average Bonchev–Trinajstić information content (AvgIpc) is 2.41. The molecule has 0 aliphatic rings. The highest BCUT2D eigenvalue weighted by molar-refractivity contribution is 5.45. The van der Waals surface area contributed by atoms with Crippen molar-refractivity contribution in [3.63, 3.8) is 0 Å². The van der Waals surface area contributed by atoms with Gasteiger partial charge in [-0.2, -0.15) is 0 Å². The molecule has 0 aliphatic carbocycles. The van der Waals surface area contributed by atoms with E-state index < -0.39 is 0 Å². The molecule has 0 saturated carbocycles. The van der Waals surface area contributed by atoms with Crippen molar-refractivity contribution < 1.29 is 4.39 Å². The van der Waals surface area contributed by atoms with Gasteiger partial charge >= 0.3 is 0 Å². The van der Waals surface area contributed by atoms with Crippen molar-refractivity contribution in [3.8, 4) is 0 Å². The molecule has 0 bridgehead atoms. The SMILES string of the molecule is CCc1ccc(C(C)Nc2ccc(F)cc2)cc1. The van der Waals surface area contributed by atoms with Crippen molar-refractivity contribution >= 4 is 5.69 Å². The van der Waals surface area contributed by atoms with Gasteiger partial charge < -0.3 is 5.32 Å². The van der Waals surface area contributed by atoms with E-state index in [2.05, 4.69) is 43.4 Å². The van der Waals surface area contributed by atoms with Crippen molar-refractivity contribution in [3.05, 3.63) is 65.5 Å². The molecule has 0 aromatic heterocycles. The van der Waals surface area contributed by atoms with Crippen molar-refractivity contribution in [2.24, 2.45) is 0 Å². The van der Waals surface area contributed by atoms with E-state index in [1.165, 1.54) is 23.3 Å². The molecule has 0 saturated heterocycles. The Morgan fingerprint density at radius 2 is 1.61 bits per heavy atom. The molecule has 2 aromatic rings. The molecule has 2 rings (SSSR count). The van der Waals surface area contributed by atoms with E-state index in [4.69, 9.17) is 0 Å². The van der Waals surface area contributed by atoms with E-state index in [0.29, 0.717) is 0 Å². The Bertz CT molecular complexity index is 488. The van der Waals surface area contributed by atoms with Crippen LogP contribution in [0.25, 0.3) is 0 Å². The zero-order valence-corrected chi connectivity index (χ0v) is 10.8. The van der Waals surface area contributed by atoms with Gasteiger partial charge in [-0.3, -0.25) is 0 Å². The quantitative estimate of drug-likeness (QED) is 0.830. The predicted molar refractivity (Wildman–Crippen MR) is 74.3 cm³/mol. The van der Waals surface area contributed by atoms with E-state index in [0.717, 1.165) is 12.1 Å². The van der Waals surface area contributed by atoms with Crippen LogP contribution in [-0.4, -0.2) is 0 Å². The van der Waals surface area contributed by atoms with E-state index in [-0.39, 0.29) is 11.9 Å². The smallest absolute Gasteiger partial charge is 0.123 e. The average molecular weight is 243 g/mol. The second kappa shape index (κ2) is 5.67. The standard InChI is InChI=1S/C16H18FN/c1-3-13-4-6-14(7-5-13)12(2)18-16-10-8-15(17)9-11-16/h4-12,18H,3H2,1-2H3. The summed E-state index contributed by atoms with van der Waals surface area (Å²) in [5, 5.41) is 3.36.